The number of rotatable bonds is 12. The van der Waals surface area contributed by atoms with Crippen LogP contribution in [0.15, 0.2) is 36.4 Å². The van der Waals surface area contributed by atoms with E-state index < -0.39 is 29.6 Å². The van der Waals surface area contributed by atoms with Gasteiger partial charge in [-0.1, -0.05) is 78.7 Å². The molecular formula is C35H52N4O4. The van der Waals surface area contributed by atoms with Crippen molar-refractivity contribution in [2.24, 2.45) is 23.7 Å². The maximum absolute atomic E-state index is 14.3. The molecule has 6 unspecified atom stereocenters. The van der Waals surface area contributed by atoms with Crippen molar-refractivity contribution in [3.05, 3.63) is 42.0 Å². The van der Waals surface area contributed by atoms with Crippen LogP contribution in [0.1, 0.15) is 85.1 Å². The topological polar surface area (TPSA) is 91.0 Å². The number of benzene rings is 1. The summed E-state index contributed by atoms with van der Waals surface area (Å²) >= 11 is 0. The Kier molecular flexibility index (Phi) is 9.67. The number of ether oxygens (including phenoxy) is 1. The predicted octanol–water partition coefficient (Wildman–Crippen LogP) is 4.96. The van der Waals surface area contributed by atoms with Gasteiger partial charge in [0.1, 0.15) is 11.6 Å². The summed E-state index contributed by atoms with van der Waals surface area (Å²) in [6.07, 6.45) is 8.51. The first-order chi connectivity index (χ1) is 20.6. The van der Waals surface area contributed by atoms with Crippen LogP contribution in [-0.2, 0) is 19.1 Å². The lowest BCUT2D eigenvalue weighted by Gasteiger charge is -2.38. The highest BCUT2D eigenvalue weighted by molar-refractivity contribution is 6.02. The number of nitrogens with zero attached hydrogens (tertiary/aromatic N) is 2. The number of anilines is 1. The van der Waals surface area contributed by atoms with E-state index >= 15 is 0 Å². The molecular weight excluding hydrogens is 540 g/mol. The lowest BCUT2D eigenvalue weighted by molar-refractivity contribution is -0.141. The molecule has 1 aliphatic carbocycles. The van der Waals surface area contributed by atoms with E-state index in [0.717, 1.165) is 38.8 Å². The fraction of sp³-hybridized carbons (Fsp3) is 0.686. The maximum Gasteiger partial charge on any atom is 0.246 e. The van der Waals surface area contributed by atoms with Gasteiger partial charge in [0.05, 0.1) is 17.9 Å². The van der Waals surface area contributed by atoms with Crippen molar-refractivity contribution in [3.8, 4) is 0 Å². The van der Waals surface area contributed by atoms with E-state index in [1.165, 1.54) is 12.0 Å². The third kappa shape index (κ3) is 6.02. The number of hydrogen-bond acceptors (Lipinski definition) is 5. The lowest BCUT2D eigenvalue weighted by Crippen LogP contribution is -2.58. The first-order valence-corrected chi connectivity index (χ1v) is 16.7. The minimum Gasteiger partial charge on any atom is -0.359 e. The van der Waals surface area contributed by atoms with Gasteiger partial charge in [0.2, 0.25) is 17.7 Å². The van der Waals surface area contributed by atoms with Crippen molar-refractivity contribution in [1.29, 1.82) is 0 Å². The smallest absolute Gasteiger partial charge is 0.246 e. The lowest BCUT2D eigenvalue weighted by atomic mass is 9.73. The molecule has 0 aromatic heterocycles. The fourth-order valence-electron chi connectivity index (χ4n) is 7.95. The summed E-state index contributed by atoms with van der Waals surface area (Å²) in [5.41, 5.74) is 0.751. The van der Waals surface area contributed by atoms with Gasteiger partial charge < -0.3 is 25.2 Å². The number of amides is 3. The van der Waals surface area contributed by atoms with Crippen LogP contribution in [-0.4, -0.2) is 77.5 Å². The first-order valence-electron chi connectivity index (χ1n) is 16.7. The number of likely N-dealkylation sites (tertiary alicyclic amines) is 1. The fourth-order valence-corrected chi connectivity index (χ4v) is 7.95. The van der Waals surface area contributed by atoms with E-state index in [4.69, 9.17) is 4.74 Å². The van der Waals surface area contributed by atoms with Gasteiger partial charge in [-0.2, -0.15) is 0 Å². The Balaban J connectivity index is 1.41. The van der Waals surface area contributed by atoms with Gasteiger partial charge in [-0.15, -0.1) is 0 Å². The summed E-state index contributed by atoms with van der Waals surface area (Å²) in [6, 6.07) is 7.13. The molecule has 2 saturated heterocycles. The minimum atomic E-state index is -1.14. The zero-order chi connectivity index (χ0) is 30.9. The molecule has 2 bridgehead atoms. The molecule has 8 nitrogen and oxygen atoms in total. The number of fused-ring (bicyclic) bond motifs is 1. The van der Waals surface area contributed by atoms with Gasteiger partial charge in [0.25, 0.3) is 0 Å². The summed E-state index contributed by atoms with van der Waals surface area (Å²) in [6.45, 7) is 16.1. The molecule has 8 heteroatoms. The Morgan fingerprint density at radius 1 is 1.05 bits per heavy atom. The van der Waals surface area contributed by atoms with Crippen LogP contribution in [0.3, 0.4) is 0 Å². The molecule has 3 amide bonds. The Morgan fingerprint density at radius 3 is 2.40 bits per heavy atom. The van der Waals surface area contributed by atoms with Crippen LogP contribution in [0, 0.1) is 23.7 Å². The quantitative estimate of drug-likeness (QED) is 0.335. The second-order valence-corrected chi connectivity index (χ2v) is 13.7. The Bertz CT molecular complexity index is 1190. The molecule has 1 aromatic carbocycles. The van der Waals surface area contributed by atoms with Crippen molar-refractivity contribution in [2.75, 3.05) is 31.5 Å². The highest BCUT2D eigenvalue weighted by Gasteiger charge is 2.72. The summed E-state index contributed by atoms with van der Waals surface area (Å²) in [5.74, 6) is -0.691. The van der Waals surface area contributed by atoms with Crippen molar-refractivity contribution in [3.63, 3.8) is 0 Å². The normalized spacial score (nSPS) is 33.0. The SMILES string of the molecule is CCCN(CCC)CCN1C(=O)[C@H]2C(C(=O)Nc3ccc(C(C)C)cc3)[C@H]3C=CC2(O3)C1C(=O)NC1CCCC(C)C1C. The highest BCUT2D eigenvalue weighted by Crippen LogP contribution is 2.55. The zero-order valence-corrected chi connectivity index (χ0v) is 27.0. The van der Waals surface area contributed by atoms with Gasteiger partial charge in [-0.3, -0.25) is 14.4 Å². The number of carbonyl (C=O) groups is 3. The number of nitrogens with one attached hydrogen (secondary N) is 2. The van der Waals surface area contributed by atoms with Crippen molar-refractivity contribution in [1.82, 2.24) is 15.1 Å². The molecule has 0 radical (unpaired) electrons. The summed E-state index contributed by atoms with van der Waals surface area (Å²) in [7, 11) is 0. The summed E-state index contributed by atoms with van der Waals surface area (Å²) in [4.78, 5) is 46.5. The molecule has 1 saturated carbocycles. The van der Waals surface area contributed by atoms with E-state index in [1.807, 2.05) is 36.4 Å². The predicted molar refractivity (Wildman–Crippen MR) is 170 cm³/mol. The minimum absolute atomic E-state index is 0.0656. The Morgan fingerprint density at radius 2 is 1.74 bits per heavy atom. The molecule has 3 fully saturated rings. The van der Waals surface area contributed by atoms with Gasteiger partial charge in [-0.25, -0.2) is 0 Å². The van der Waals surface area contributed by atoms with Gasteiger partial charge in [-0.05, 0) is 67.8 Å². The molecule has 8 atom stereocenters. The molecule has 43 heavy (non-hydrogen) atoms. The van der Waals surface area contributed by atoms with Crippen molar-refractivity contribution >= 4 is 23.4 Å². The first kappa shape index (κ1) is 31.7. The van der Waals surface area contributed by atoms with Crippen LogP contribution in [0.5, 0.6) is 0 Å². The molecule has 1 spiro atoms. The monoisotopic (exact) mass is 592 g/mol. The molecule has 3 aliphatic heterocycles. The molecule has 5 rings (SSSR count). The summed E-state index contributed by atoms with van der Waals surface area (Å²) in [5, 5.41) is 6.41. The van der Waals surface area contributed by atoms with Crippen LogP contribution in [0.4, 0.5) is 5.69 Å². The summed E-state index contributed by atoms with van der Waals surface area (Å²) < 4.78 is 6.57. The maximum atomic E-state index is 14.3. The van der Waals surface area contributed by atoms with E-state index in [9.17, 15) is 14.4 Å². The molecule has 2 N–H and O–H groups in total. The van der Waals surface area contributed by atoms with E-state index in [1.54, 1.807) is 4.90 Å². The second-order valence-electron chi connectivity index (χ2n) is 13.7. The van der Waals surface area contributed by atoms with E-state index in [2.05, 4.69) is 57.1 Å². The van der Waals surface area contributed by atoms with Gasteiger partial charge >= 0.3 is 0 Å². The standard InChI is InChI=1S/C35H52N4O4/c1-7-18-38(19-8-2)20-21-39-31(33(41)37-27-11-9-10-23(5)24(27)6)35-17-16-28(43-35)29(30(35)34(39)42)32(40)36-26-14-12-25(13-15-26)22(3)4/h12-17,22-24,27-31H,7-11,18-21H2,1-6H3,(H,36,40)(H,37,41)/t23?,24?,27?,28-,29?,30-,31?,35?/m1/s1. The third-order valence-corrected chi connectivity index (χ3v) is 10.5. The molecule has 1 aromatic rings. The van der Waals surface area contributed by atoms with Crippen molar-refractivity contribution < 1.29 is 19.1 Å². The Labute approximate surface area is 258 Å². The van der Waals surface area contributed by atoms with E-state index in [0.29, 0.717) is 36.5 Å². The molecule has 236 valence electrons. The second kappa shape index (κ2) is 13.1. The number of hydrogen-bond donors (Lipinski definition) is 2. The number of carbonyl (C=O) groups excluding carboxylic acids is 3. The zero-order valence-electron chi connectivity index (χ0n) is 27.0. The van der Waals surface area contributed by atoms with Crippen LogP contribution < -0.4 is 10.6 Å². The average molecular weight is 593 g/mol. The Hall–Kier alpha value is -2.71. The van der Waals surface area contributed by atoms with Crippen molar-refractivity contribution in [2.45, 2.75) is 103 Å². The molecule has 4 aliphatic rings. The van der Waals surface area contributed by atoms with Crippen LogP contribution >= 0.6 is 0 Å². The third-order valence-electron chi connectivity index (χ3n) is 10.5. The molecule has 3 heterocycles. The van der Waals surface area contributed by atoms with Crippen LogP contribution in [0.25, 0.3) is 0 Å². The highest BCUT2D eigenvalue weighted by atomic mass is 16.5. The van der Waals surface area contributed by atoms with Crippen LogP contribution in [0.2, 0.25) is 0 Å². The van der Waals surface area contributed by atoms with Gasteiger partial charge in [0, 0.05) is 24.8 Å². The van der Waals surface area contributed by atoms with E-state index in [-0.39, 0.29) is 23.8 Å². The van der Waals surface area contributed by atoms with Gasteiger partial charge in [0.15, 0.2) is 0 Å². The largest absolute Gasteiger partial charge is 0.359 e. The average Bonchev–Trinajstić information content (AvgIpc) is 3.62.